The van der Waals surface area contributed by atoms with Gasteiger partial charge in [-0.25, -0.2) is 15.0 Å². The summed E-state index contributed by atoms with van der Waals surface area (Å²) in [5.74, 6) is 0. The topological polar surface area (TPSA) is 52.8 Å². The summed E-state index contributed by atoms with van der Waals surface area (Å²) in [5, 5.41) is 0. The summed E-state index contributed by atoms with van der Waals surface area (Å²) in [7, 11) is 0. The van der Waals surface area contributed by atoms with Crippen molar-refractivity contribution in [1.82, 2.24) is 19.5 Å². The van der Waals surface area contributed by atoms with Gasteiger partial charge in [-0.05, 0) is 12.5 Å². The highest BCUT2D eigenvalue weighted by Gasteiger charge is 2.08. The van der Waals surface area contributed by atoms with Crippen molar-refractivity contribution < 1.29 is 4.74 Å². The van der Waals surface area contributed by atoms with Gasteiger partial charge in [-0.1, -0.05) is 30.3 Å². The van der Waals surface area contributed by atoms with Gasteiger partial charge >= 0.3 is 0 Å². The molecule has 0 aliphatic rings. The summed E-state index contributed by atoms with van der Waals surface area (Å²) < 4.78 is 7.23. The lowest BCUT2D eigenvalue weighted by Gasteiger charge is -2.03. The molecule has 0 saturated carbocycles. The standard InChI is InChI=1S/C16H16N4O/c1-2-21-9-8-14-15-16(18-11-17-14)20(12-19-15)10-13-6-4-3-5-7-13/h3-9,11-12H,2,10H2,1H3. The minimum Gasteiger partial charge on any atom is -0.501 e. The predicted octanol–water partition coefficient (Wildman–Crippen LogP) is 2.88. The molecule has 0 bridgehead atoms. The van der Waals surface area contributed by atoms with Crippen LogP contribution in [0, 0.1) is 0 Å². The Morgan fingerprint density at radius 1 is 1.14 bits per heavy atom. The van der Waals surface area contributed by atoms with Crippen LogP contribution in [0.3, 0.4) is 0 Å². The van der Waals surface area contributed by atoms with Gasteiger partial charge in [-0.15, -0.1) is 0 Å². The van der Waals surface area contributed by atoms with E-state index in [1.807, 2.05) is 35.8 Å². The van der Waals surface area contributed by atoms with Gasteiger partial charge in [0.25, 0.3) is 0 Å². The van der Waals surface area contributed by atoms with Crippen LogP contribution in [0.5, 0.6) is 0 Å². The first-order valence-corrected chi connectivity index (χ1v) is 6.86. The molecule has 21 heavy (non-hydrogen) atoms. The van der Waals surface area contributed by atoms with Gasteiger partial charge in [0.2, 0.25) is 0 Å². The summed E-state index contributed by atoms with van der Waals surface area (Å²) in [5.41, 5.74) is 3.58. The molecular weight excluding hydrogens is 264 g/mol. The first-order chi connectivity index (χ1) is 10.4. The summed E-state index contributed by atoms with van der Waals surface area (Å²) in [6.45, 7) is 3.31. The van der Waals surface area contributed by atoms with Crippen LogP contribution < -0.4 is 0 Å². The van der Waals surface area contributed by atoms with Crippen molar-refractivity contribution in [3.8, 4) is 0 Å². The Morgan fingerprint density at radius 2 is 2.00 bits per heavy atom. The number of fused-ring (bicyclic) bond motifs is 1. The van der Waals surface area contributed by atoms with Crippen LogP contribution in [0.25, 0.3) is 17.2 Å². The Balaban J connectivity index is 1.93. The number of benzene rings is 1. The SMILES string of the molecule is CCOC=Cc1ncnc2c1ncn2Cc1ccccc1. The van der Waals surface area contributed by atoms with Crippen LogP contribution in [0.15, 0.2) is 49.2 Å². The molecule has 0 radical (unpaired) electrons. The molecule has 0 aliphatic carbocycles. The lowest BCUT2D eigenvalue weighted by molar-refractivity contribution is 0.272. The summed E-state index contributed by atoms with van der Waals surface area (Å²) in [6, 6.07) is 10.2. The summed E-state index contributed by atoms with van der Waals surface area (Å²) >= 11 is 0. The molecule has 2 heterocycles. The highest BCUT2D eigenvalue weighted by molar-refractivity contribution is 5.79. The molecule has 3 rings (SSSR count). The van der Waals surface area contributed by atoms with E-state index in [0.29, 0.717) is 6.61 Å². The predicted molar refractivity (Wildman–Crippen MR) is 81.5 cm³/mol. The lowest BCUT2D eigenvalue weighted by atomic mass is 10.2. The Morgan fingerprint density at radius 3 is 2.81 bits per heavy atom. The van der Waals surface area contributed by atoms with Gasteiger partial charge in [-0.3, -0.25) is 0 Å². The molecule has 0 amide bonds. The Labute approximate surface area is 122 Å². The van der Waals surface area contributed by atoms with Gasteiger partial charge in [0.15, 0.2) is 5.65 Å². The van der Waals surface area contributed by atoms with Crippen molar-refractivity contribution in [2.24, 2.45) is 0 Å². The van der Waals surface area contributed by atoms with E-state index < -0.39 is 0 Å². The van der Waals surface area contributed by atoms with Gasteiger partial charge < -0.3 is 9.30 Å². The average Bonchev–Trinajstić information content (AvgIpc) is 2.93. The fraction of sp³-hybridized carbons (Fsp3) is 0.188. The molecule has 0 aliphatic heterocycles. The van der Waals surface area contributed by atoms with Crippen molar-refractivity contribution in [2.45, 2.75) is 13.5 Å². The number of hydrogen-bond donors (Lipinski definition) is 0. The van der Waals surface area contributed by atoms with Crippen molar-refractivity contribution in [1.29, 1.82) is 0 Å². The van der Waals surface area contributed by atoms with E-state index in [0.717, 1.165) is 23.4 Å². The molecule has 0 spiro atoms. The fourth-order valence-electron chi connectivity index (χ4n) is 2.13. The molecule has 2 aromatic heterocycles. The molecule has 5 nitrogen and oxygen atoms in total. The number of nitrogens with zero attached hydrogens (tertiary/aromatic N) is 4. The first kappa shape index (κ1) is 13.3. The van der Waals surface area contributed by atoms with Crippen LogP contribution >= 0.6 is 0 Å². The molecule has 0 fully saturated rings. The number of ether oxygens (including phenoxy) is 1. The highest BCUT2D eigenvalue weighted by atomic mass is 16.5. The second-order valence-electron chi connectivity index (χ2n) is 4.55. The monoisotopic (exact) mass is 280 g/mol. The fourth-order valence-corrected chi connectivity index (χ4v) is 2.13. The zero-order valence-electron chi connectivity index (χ0n) is 11.8. The van der Waals surface area contributed by atoms with Crippen LogP contribution in [-0.2, 0) is 11.3 Å². The molecular formula is C16H16N4O. The second kappa shape index (κ2) is 6.17. The molecule has 3 aromatic rings. The molecule has 106 valence electrons. The molecule has 0 saturated heterocycles. The van der Waals surface area contributed by atoms with Crippen LogP contribution in [-0.4, -0.2) is 26.1 Å². The average molecular weight is 280 g/mol. The van der Waals surface area contributed by atoms with Crippen LogP contribution in [0.4, 0.5) is 0 Å². The smallest absolute Gasteiger partial charge is 0.164 e. The van der Waals surface area contributed by atoms with E-state index in [-0.39, 0.29) is 0 Å². The van der Waals surface area contributed by atoms with Crippen molar-refractivity contribution in [3.63, 3.8) is 0 Å². The van der Waals surface area contributed by atoms with Crippen LogP contribution in [0.1, 0.15) is 18.2 Å². The molecule has 0 unspecified atom stereocenters. The Kier molecular flexibility index (Phi) is 3.91. The normalized spacial score (nSPS) is 11.3. The van der Waals surface area contributed by atoms with Gasteiger partial charge in [-0.2, -0.15) is 0 Å². The zero-order valence-corrected chi connectivity index (χ0v) is 11.8. The van der Waals surface area contributed by atoms with Crippen molar-refractivity contribution in [3.05, 3.63) is 60.5 Å². The Bertz CT molecular complexity index is 749. The minimum absolute atomic E-state index is 0.632. The number of hydrogen-bond acceptors (Lipinski definition) is 4. The van der Waals surface area contributed by atoms with E-state index in [2.05, 4.69) is 27.1 Å². The zero-order chi connectivity index (χ0) is 14.5. The molecule has 5 heteroatoms. The third kappa shape index (κ3) is 2.91. The maximum atomic E-state index is 5.21. The van der Waals surface area contributed by atoms with E-state index >= 15 is 0 Å². The third-order valence-electron chi connectivity index (χ3n) is 3.11. The summed E-state index contributed by atoms with van der Waals surface area (Å²) in [4.78, 5) is 13.0. The third-order valence-corrected chi connectivity index (χ3v) is 3.11. The maximum Gasteiger partial charge on any atom is 0.164 e. The maximum absolute atomic E-state index is 5.21. The van der Waals surface area contributed by atoms with E-state index in [9.17, 15) is 0 Å². The highest BCUT2D eigenvalue weighted by Crippen LogP contribution is 2.15. The quantitative estimate of drug-likeness (QED) is 0.674. The second-order valence-corrected chi connectivity index (χ2v) is 4.55. The van der Waals surface area contributed by atoms with Gasteiger partial charge in [0, 0.05) is 6.08 Å². The number of imidazole rings is 1. The minimum atomic E-state index is 0.632. The number of rotatable bonds is 5. The van der Waals surface area contributed by atoms with E-state index in [4.69, 9.17) is 4.74 Å². The van der Waals surface area contributed by atoms with Gasteiger partial charge in [0.1, 0.15) is 11.8 Å². The Hall–Kier alpha value is -2.69. The van der Waals surface area contributed by atoms with Gasteiger partial charge in [0.05, 0.1) is 31.4 Å². The number of aromatic nitrogens is 4. The largest absolute Gasteiger partial charge is 0.501 e. The van der Waals surface area contributed by atoms with Crippen molar-refractivity contribution in [2.75, 3.05) is 6.61 Å². The molecule has 0 atom stereocenters. The van der Waals surface area contributed by atoms with E-state index in [1.165, 1.54) is 5.56 Å². The summed E-state index contributed by atoms with van der Waals surface area (Å²) in [6.07, 6.45) is 6.80. The van der Waals surface area contributed by atoms with Crippen molar-refractivity contribution >= 4 is 17.2 Å². The molecule has 0 N–H and O–H groups in total. The molecule has 1 aromatic carbocycles. The lowest BCUT2D eigenvalue weighted by Crippen LogP contribution is -1.99. The first-order valence-electron chi connectivity index (χ1n) is 6.86. The van der Waals surface area contributed by atoms with E-state index in [1.54, 1.807) is 18.9 Å². The van der Waals surface area contributed by atoms with Crippen LogP contribution in [0.2, 0.25) is 0 Å².